The molecule has 144 valence electrons. The van der Waals surface area contributed by atoms with Gasteiger partial charge in [-0.05, 0) is 50.5 Å². The third-order valence-corrected chi connectivity index (χ3v) is 5.78. The number of rotatable bonds is 5. The highest BCUT2D eigenvalue weighted by atomic mass is 16.5. The summed E-state index contributed by atoms with van der Waals surface area (Å²) in [6, 6.07) is 0. The summed E-state index contributed by atoms with van der Waals surface area (Å²) in [6.07, 6.45) is 10.0. The second kappa shape index (κ2) is 8.80. The lowest BCUT2D eigenvalue weighted by atomic mass is 10.1. The Kier molecular flexibility index (Phi) is 6.46. The van der Waals surface area contributed by atoms with Crippen LogP contribution in [0.4, 0.5) is 0 Å². The Bertz CT molecular complexity index is 597. The molecule has 3 fully saturated rings. The van der Waals surface area contributed by atoms with E-state index in [-0.39, 0.29) is 18.2 Å². The van der Waals surface area contributed by atoms with Gasteiger partial charge < -0.3 is 15.4 Å². The van der Waals surface area contributed by atoms with Gasteiger partial charge in [0.05, 0.1) is 17.9 Å². The SMILES string of the molecule is CC(=O)/C(N)=C1\CCCC1=NCC(=O)N1CCC(OC2CCCC2)CC1. The first-order valence-corrected chi connectivity index (χ1v) is 10.0. The van der Waals surface area contributed by atoms with Gasteiger partial charge in [-0.3, -0.25) is 14.6 Å². The van der Waals surface area contributed by atoms with Gasteiger partial charge in [0.1, 0.15) is 6.54 Å². The summed E-state index contributed by atoms with van der Waals surface area (Å²) in [5, 5.41) is 0. The van der Waals surface area contributed by atoms with Gasteiger partial charge in [-0.2, -0.15) is 0 Å². The largest absolute Gasteiger partial charge is 0.396 e. The van der Waals surface area contributed by atoms with Crippen LogP contribution in [0.2, 0.25) is 0 Å². The maximum absolute atomic E-state index is 12.5. The second-order valence-electron chi connectivity index (χ2n) is 7.69. The van der Waals surface area contributed by atoms with Crippen molar-refractivity contribution in [1.82, 2.24) is 4.90 Å². The van der Waals surface area contributed by atoms with E-state index in [1.54, 1.807) is 0 Å². The highest BCUT2D eigenvalue weighted by molar-refractivity contribution is 6.09. The molecule has 1 amide bonds. The van der Waals surface area contributed by atoms with E-state index in [4.69, 9.17) is 10.5 Å². The van der Waals surface area contributed by atoms with Crippen molar-refractivity contribution in [3.05, 3.63) is 11.3 Å². The Morgan fingerprint density at radius 2 is 1.73 bits per heavy atom. The molecule has 6 heteroatoms. The number of Topliss-reactive ketones (excluding diaryl/α,β-unsaturated/α-hetero) is 1. The molecule has 1 aliphatic heterocycles. The molecule has 0 radical (unpaired) electrons. The van der Waals surface area contributed by atoms with Gasteiger partial charge >= 0.3 is 0 Å². The summed E-state index contributed by atoms with van der Waals surface area (Å²) < 4.78 is 6.17. The predicted octanol–water partition coefficient (Wildman–Crippen LogP) is 2.36. The Balaban J connectivity index is 1.48. The smallest absolute Gasteiger partial charge is 0.244 e. The number of ether oxygens (including phenoxy) is 1. The number of likely N-dealkylation sites (tertiary alicyclic amines) is 1. The van der Waals surface area contributed by atoms with Crippen LogP contribution in [0.5, 0.6) is 0 Å². The van der Waals surface area contributed by atoms with Crippen LogP contribution in [0.15, 0.2) is 16.3 Å². The number of piperidine rings is 1. The predicted molar refractivity (Wildman–Crippen MR) is 101 cm³/mol. The van der Waals surface area contributed by atoms with Crippen molar-refractivity contribution in [3.8, 4) is 0 Å². The maximum atomic E-state index is 12.5. The Morgan fingerprint density at radius 1 is 1.08 bits per heavy atom. The van der Waals surface area contributed by atoms with E-state index in [1.165, 1.54) is 32.6 Å². The van der Waals surface area contributed by atoms with Crippen molar-refractivity contribution in [2.24, 2.45) is 10.7 Å². The number of allylic oxidation sites excluding steroid dienone is 2. The topological polar surface area (TPSA) is 85.0 Å². The fourth-order valence-electron chi connectivity index (χ4n) is 4.21. The quantitative estimate of drug-likeness (QED) is 0.762. The summed E-state index contributed by atoms with van der Waals surface area (Å²) in [5.41, 5.74) is 7.87. The standard InChI is InChI=1S/C20H31N3O3/c1-14(24)20(21)17-7-4-8-18(17)22-13-19(25)23-11-9-16(10-12-23)26-15-5-2-3-6-15/h15-16H,2-13,21H2,1H3/b20-17-,22-18?. The lowest BCUT2D eigenvalue weighted by molar-refractivity contribution is -0.133. The number of ketones is 1. The molecule has 0 unspecified atom stereocenters. The molecule has 2 saturated carbocycles. The van der Waals surface area contributed by atoms with Crippen LogP contribution in [0.25, 0.3) is 0 Å². The minimum Gasteiger partial charge on any atom is -0.396 e. The number of nitrogens with two attached hydrogens (primary N) is 1. The van der Waals surface area contributed by atoms with Crippen molar-refractivity contribution in [2.75, 3.05) is 19.6 Å². The van der Waals surface area contributed by atoms with E-state index < -0.39 is 0 Å². The van der Waals surface area contributed by atoms with Crippen molar-refractivity contribution < 1.29 is 14.3 Å². The average molecular weight is 361 g/mol. The van der Waals surface area contributed by atoms with Crippen LogP contribution < -0.4 is 5.73 Å². The van der Waals surface area contributed by atoms with Crippen molar-refractivity contribution >= 4 is 17.4 Å². The first kappa shape index (κ1) is 19.1. The van der Waals surface area contributed by atoms with Gasteiger partial charge in [-0.1, -0.05) is 12.8 Å². The molecule has 0 atom stereocenters. The van der Waals surface area contributed by atoms with Gasteiger partial charge in [0.15, 0.2) is 5.78 Å². The molecule has 1 saturated heterocycles. The number of aliphatic imine (C=N–C) groups is 1. The van der Waals surface area contributed by atoms with Crippen LogP contribution >= 0.6 is 0 Å². The zero-order valence-electron chi connectivity index (χ0n) is 15.8. The minimum absolute atomic E-state index is 0.0597. The molecule has 0 spiro atoms. The normalized spacial score (nSPS) is 25.9. The van der Waals surface area contributed by atoms with E-state index in [0.29, 0.717) is 17.9 Å². The van der Waals surface area contributed by atoms with E-state index in [1.807, 2.05) is 4.90 Å². The van der Waals surface area contributed by atoms with Crippen LogP contribution in [-0.4, -0.2) is 54.1 Å². The number of hydrogen-bond donors (Lipinski definition) is 1. The Labute approximate surface area is 155 Å². The Morgan fingerprint density at radius 3 is 2.38 bits per heavy atom. The van der Waals surface area contributed by atoms with Gasteiger partial charge in [0.2, 0.25) is 5.91 Å². The lowest BCUT2D eigenvalue weighted by Crippen LogP contribution is -2.42. The third kappa shape index (κ3) is 4.72. The zero-order valence-corrected chi connectivity index (χ0v) is 15.8. The van der Waals surface area contributed by atoms with Gasteiger partial charge in [-0.15, -0.1) is 0 Å². The maximum Gasteiger partial charge on any atom is 0.244 e. The molecule has 0 aromatic carbocycles. The minimum atomic E-state index is -0.120. The molecular weight excluding hydrogens is 330 g/mol. The highest BCUT2D eigenvalue weighted by Crippen LogP contribution is 2.26. The first-order valence-electron chi connectivity index (χ1n) is 10.0. The number of nitrogens with zero attached hydrogens (tertiary/aromatic N) is 2. The molecule has 0 aromatic heterocycles. The average Bonchev–Trinajstić information content (AvgIpc) is 3.31. The number of carbonyl (C=O) groups excluding carboxylic acids is 2. The number of hydrogen-bond acceptors (Lipinski definition) is 5. The van der Waals surface area contributed by atoms with E-state index in [0.717, 1.165) is 56.5 Å². The molecule has 3 aliphatic rings. The first-order chi connectivity index (χ1) is 12.5. The van der Waals surface area contributed by atoms with E-state index in [9.17, 15) is 9.59 Å². The second-order valence-corrected chi connectivity index (χ2v) is 7.69. The molecule has 1 heterocycles. The Hall–Kier alpha value is -1.69. The fourth-order valence-corrected chi connectivity index (χ4v) is 4.21. The molecule has 2 N–H and O–H groups in total. The fraction of sp³-hybridized carbons (Fsp3) is 0.750. The van der Waals surface area contributed by atoms with Gasteiger partial charge in [0, 0.05) is 25.7 Å². The van der Waals surface area contributed by atoms with E-state index in [2.05, 4.69) is 4.99 Å². The molecule has 0 bridgehead atoms. The molecule has 0 aromatic rings. The molecule has 3 rings (SSSR count). The lowest BCUT2D eigenvalue weighted by Gasteiger charge is -2.33. The zero-order chi connectivity index (χ0) is 18.5. The van der Waals surface area contributed by atoms with Crippen molar-refractivity contribution in [1.29, 1.82) is 0 Å². The van der Waals surface area contributed by atoms with E-state index >= 15 is 0 Å². The summed E-state index contributed by atoms with van der Waals surface area (Å²) in [5.74, 6) is -0.0604. The molecule has 2 aliphatic carbocycles. The number of carbonyl (C=O) groups is 2. The molecule has 6 nitrogen and oxygen atoms in total. The third-order valence-electron chi connectivity index (χ3n) is 5.78. The summed E-state index contributed by atoms with van der Waals surface area (Å²) in [6.45, 7) is 3.12. The highest BCUT2D eigenvalue weighted by Gasteiger charge is 2.27. The number of amides is 1. The van der Waals surface area contributed by atoms with Crippen molar-refractivity contribution in [2.45, 2.75) is 76.9 Å². The van der Waals surface area contributed by atoms with Crippen molar-refractivity contribution in [3.63, 3.8) is 0 Å². The summed E-state index contributed by atoms with van der Waals surface area (Å²) in [4.78, 5) is 30.4. The summed E-state index contributed by atoms with van der Waals surface area (Å²) in [7, 11) is 0. The van der Waals surface area contributed by atoms with Crippen LogP contribution in [0.1, 0.15) is 64.7 Å². The summed E-state index contributed by atoms with van der Waals surface area (Å²) >= 11 is 0. The van der Waals surface area contributed by atoms with Crippen LogP contribution in [0, 0.1) is 0 Å². The van der Waals surface area contributed by atoms with Gasteiger partial charge in [0.25, 0.3) is 0 Å². The molecule has 26 heavy (non-hydrogen) atoms. The van der Waals surface area contributed by atoms with Gasteiger partial charge in [-0.25, -0.2) is 0 Å². The monoisotopic (exact) mass is 361 g/mol. The van der Waals surface area contributed by atoms with Crippen LogP contribution in [-0.2, 0) is 14.3 Å². The van der Waals surface area contributed by atoms with Crippen LogP contribution in [0.3, 0.4) is 0 Å². The molecular formula is C20H31N3O3.